The van der Waals surface area contributed by atoms with Gasteiger partial charge in [0.1, 0.15) is 6.67 Å². The Labute approximate surface area is 421 Å². The number of nitrogens with zero attached hydrogens (tertiary/aromatic N) is 12. The van der Waals surface area contributed by atoms with Crippen molar-refractivity contribution in [3.63, 3.8) is 0 Å². The Morgan fingerprint density at radius 3 is 1.36 bits per heavy atom. The summed E-state index contributed by atoms with van der Waals surface area (Å²) in [6, 6.07) is 17.0. The van der Waals surface area contributed by atoms with Gasteiger partial charge in [-0.2, -0.15) is 0 Å². The van der Waals surface area contributed by atoms with Crippen molar-refractivity contribution in [2.75, 3.05) is 146 Å². The number of amides is 1. The number of likely N-dealkylation sites (tertiary alicyclic amines) is 1. The summed E-state index contributed by atoms with van der Waals surface area (Å²) in [6.07, 6.45) is 9.04. The number of carbonyl (C=O) groups is 1. The lowest BCUT2D eigenvalue weighted by Crippen LogP contribution is -2.52. The van der Waals surface area contributed by atoms with Crippen LogP contribution in [0.4, 0.5) is 27.1 Å². The maximum absolute atomic E-state index is 12.9. The highest BCUT2D eigenvalue weighted by Crippen LogP contribution is 2.33. The predicted molar refractivity (Wildman–Crippen MR) is 289 cm³/mol. The smallest absolute Gasteiger partial charge is 0.241 e. The minimum atomic E-state index is -0.287. The monoisotopic (exact) mass is 963 g/mol. The standard InChI is InChI=1S/C15H23N3.C14H22FN3.C14H23N3.C13H19N3O/c1-11(2)15-5-4-14(6-16-15)18-9-12-7-17(3)8-13(12)10-18;1-11(2)14-5-4-12(9-16-14)18-7-6-17(3)13(8-15)10-18;1-12(2)14-6-5-13(11-15-14)17-8-4-7-16(3)9-10-17;1-10(2)12-5-4-11(8-14-12)16-7-6-15(3)9-13(16)17/h4-6,11-13H,7-10H2,1-3H3;4-5,9,11,13H,6-8,10H2,1-3H3;5-6,11-12H,4,7-10H2,1-3H3;4-5,8,10H,6-7,9H2,1-3H3. The Balaban J connectivity index is 0.000000153. The van der Waals surface area contributed by atoms with Crippen LogP contribution in [0.2, 0.25) is 0 Å². The molecule has 1 amide bonds. The summed E-state index contributed by atoms with van der Waals surface area (Å²) in [7, 11) is 8.39. The van der Waals surface area contributed by atoms with Gasteiger partial charge in [0, 0.05) is 101 Å². The fraction of sp³-hybridized carbons (Fsp3) is 0.625. The predicted octanol–water partition coefficient (Wildman–Crippen LogP) is 8.33. The molecule has 5 saturated heterocycles. The molecule has 14 heteroatoms. The van der Waals surface area contributed by atoms with Crippen molar-refractivity contribution < 1.29 is 9.18 Å². The molecule has 0 aliphatic carbocycles. The van der Waals surface area contributed by atoms with Gasteiger partial charge in [0.15, 0.2) is 0 Å². The van der Waals surface area contributed by atoms with Crippen LogP contribution in [0.1, 0.15) is 108 Å². The molecule has 0 spiro atoms. The molecule has 0 aromatic carbocycles. The van der Waals surface area contributed by atoms with Gasteiger partial charge >= 0.3 is 0 Å². The van der Waals surface area contributed by atoms with Gasteiger partial charge in [0.25, 0.3) is 0 Å². The molecule has 0 radical (unpaired) electrons. The minimum Gasteiger partial charge on any atom is -0.370 e. The third-order valence-electron chi connectivity index (χ3n) is 14.6. The summed E-state index contributed by atoms with van der Waals surface area (Å²) in [4.78, 5) is 47.9. The Bertz CT molecular complexity index is 2140. The van der Waals surface area contributed by atoms with E-state index in [2.05, 4.69) is 161 Å². The molecular weight excluding hydrogens is 876 g/mol. The van der Waals surface area contributed by atoms with Gasteiger partial charge in [-0.25, -0.2) is 4.39 Å². The van der Waals surface area contributed by atoms with Crippen LogP contribution in [0.5, 0.6) is 0 Å². The van der Waals surface area contributed by atoms with Crippen LogP contribution in [0.15, 0.2) is 73.3 Å². The fourth-order valence-electron chi connectivity index (χ4n) is 9.83. The van der Waals surface area contributed by atoms with E-state index in [0.717, 1.165) is 87.0 Å². The highest BCUT2D eigenvalue weighted by atomic mass is 19.1. The maximum atomic E-state index is 12.9. The summed E-state index contributed by atoms with van der Waals surface area (Å²) in [5, 5.41) is 0. The van der Waals surface area contributed by atoms with Crippen molar-refractivity contribution >= 4 is 28.7 Å². The van der Waals surface area contributed by atoms with E-state index in [0.29, 0.717) is 30.2 Å². The van der Waals surface area contributed by atoms with Crippen molar-refractivity contribution in [3.8, 4) is 0 Å². The summed E-state index contributed by atoms with van der Waals surface area (Å²) in [5.74, 6) is 3.78. The number of hydrogen-bond acceptors (Lipinski definition) is 12. The topological polar surface area (TPSA) is 94.5 Å². The van der Waals surface area contributed by atoms with Crippen molar-refractivity contribution in [1.82, 2.24) is 39.5 Å². The van der Waals surface area contributed by atoms with Crippen molar-refractivity contribution in [2.24, 2.45) is 11.8 Å². The van der Waals surface area contributed by atoms with E-state index in [1.54, 1.807) is 6.20 Å². The molecule has 5 aliphatic rings. The lowest BCUT2D eigenvalue weighted by atomic mass is 10.0. The van der Waals surface area contributed by atoms with Gasteiger partial charge in [0.2, 0.25) is 5.91 Å². The van der Waals surface area contributed by atoms with Crippen LogP contribution in [-0.2, 0) is 4.79 Å². The van der Waals surface area contributed by atoms with Crippen molar-refractivity contribution in [1.29, 1.82) is 0 Å². The van der Waals surface area contributed by atoms with E-state index in [1.807, 2.05) is 48.4 Å². The number of likely N-dealkylation sites (N-methyl/N-ethyl adjacent to an activating group) is 3. The highest BCUT2D eigenvalue weighted by molar-refractivity contribution is 5.95. The van der Waals surface area contributed by atoms with Crippen LogP contribution >= 0.6 is 0 Å². The first-order valence-electron chi connectivity index (χ1n) is 26.2. The van der Waals surface area contributed by atoms with E-state index in [9.17, 15) is 9.18 Å². The van der Waals surface area contributed by atoms with Crippen LogP contribution in [0, 0.1) is 11.8 Å². The van der Waals surface area contributed by atoms with Crippen molar-refractivity contribution in [2.45, 2.75) is 91.5 Å². The SMILES string of the molecule is CC(C)c1ccc(N2CC3CN(C)CC3C2)cn1.CC(C)c1ccc(N2CCCN(C)CC2)cn1.CC(C)c1ccc(N2CCN(C)C(CF)C2)cn1.CC(C)c1ccc(N2CCN(C)CC2=O)cn1. The van der Waals surface area contributed by atoms with Gasteiger partial charge in [-0.15, -0.1) is 0 Å². The molecule has 9 rings (SSSR count). The van der Waals surface area contributed by atoms with Crippen LogP contribution < -0.4 is 19.6 Å². The normalized spacial score (nSPS) is 21.6. The Morgan fingerprint density at radius 1 is 0.471 bits per heavy atom. The van der Waals surface area contributed by atoms with Gasteiger partial charge in [-0.3, -0.25) is 34.5 Å². The third kappa shape index (κ3) is 15.4. The van der Waals surface area contributed by atoms with Crippen LogP contribution in [0.25, 0.3) is 0 Å². The fourth-order valence-corrected chi connectivity index (χ4v) is 9.83. The van der Waals surface area contributed by atoms with Gasteiger partial charge in [-0.05, 0) is 125 Å². The number of fused-ring (bicyclic) bond motifs is 1. The van der Waals surface area contributed by atoms with Gasteiger partial charge < -0.3 is 29.4 Å². The summed E-state index contributed by atoms with van der Waals surface area (Å²) in [5.41, 5.74) is 9.13. The lowest BCUT2D eigenvalue weighted by Gasteiger charge is -2.39. The molecule has 384 valence electrons. The number of aromatic nitrogens is 4. The Morgan fingerprint density at radius 2 is 0.914 bits per heavy atom. The Kier molecular flexibility index (Phi) is 20.3. The molecule has 3 unspecified atom stereocenters. The van der Waals surface area contributed by atoms with Crippen LogP contribution in [0.3, 0.4) is 0 Å². The summed E-state index contributed by atoms with van der Waals surface area (Å²) in [6.45, 7) is 31.2. The first-order valence-corrected chi connectivity index (χ1v) is 26.2. The number of carbonyl (C=O) groups excluding carboxylic acids is 1. The average molecular weight is 963 g/mol. The van der Waals surface area contributed by atoms with E-state index < -0.39 is 0 Å². The van der Waals surface area contributed by atoms with E-state index in [-0.39, 0.29) is 18.6 Å². The average Bonchev–Trinajstić information content (AvgIpc) is 3.82. The maximum Gasteiger partial charge on any atom is 0.241 e. The highest BCUT2D eigenvalue weighted by Gasteiger charge is 2.38. The van der Waals surface area contributed by atoms with Gasteiger partial charge in [0.05, 0.1) is 60.1 Å². The van der Waals surface area contributed by atoms with Gasteiger partial charge in [-0.1, -0.05) is 55.4 Å². The number of anilines is 4. The number of rotatable bonds is 9. The molecular formula is C56H87FN12O. The third-order valence-corrected chi connectivity index (χ3v) is 14.6. The first kappa shape index (κ1) is 54.6. The molecule has 0 saturated carbocycles. The Hall–Kier alpha value is -4.76. The molecule has 5 fully saturated rings. The lowest BCUT2D eigenvalue weighted by molar-refractivity contribution is -0.120. The summed E-state index contributed by atoms with van der Waals surface area (Å²) < 4.78 is 12.9. The molecule has 5 aliphatic heterocycles. The molecule has 4 aromatic rings. The zero-order chi connectivity index (χ0) is 50.5. The summed E-state index contributed by atoms with van der Waals surface area (Å²) >= 11 is 0. The van der Waals surface area contributed by atoms with Crippen molar-refractivity contribution in [3.05, 3.63) is 96.1 Å². The number of halogens is 1. The molecule has 0 N–H and O–H groups in total. The van der Waals surface area contributed by atoms with E-state index in [1.165, 1.54) is 61.9 Å². The number of hydrogen-bond donors (Lipinski definition) is 0. The van der Waals surface area contributed by atoms with E-state index >= 15 is 0 Å². The largest absolute Gasteiger partial charge is 0.370 e. The number of piperazine rings is 2. The molecule has 4 aromatic heterocycles. The first-order chi connectivity index (χ1) is 33.5. The molecule has 13 nitrogen and oxygen atoms in total. The molecule has 3 atom stereocenters. The molecule has 0 bridgehead atoms. The number of pyridine rings is 4. The number of alkyl halides is 1. The molecule has 70 heavy (non-hydrogen) atoms. The van der Waals surface area contributed by atoms with E-state index in [4.69, 9.17) is 0 Å². The second kappa shape index (κ2) is 26.1. The quantitative estimate of drug-likeness (QED) is 0.162. The zero-order valence-electron chi connectivity index (χ0n) is 44.9. The second-order valence-electron chi connectivity index (χ2n) is 21.7. The second-order valence-corrected chi connectivity index (χ2v) is 21.7. The molecule has 9 heterocycles. The minimum absolute atomic E-state index is 0.00326. The van der Waals surface area contributed by atoms with Crippen LogP contribution in [-0.4, -0.2) is 178 Å². The zero-order valence-corrected chi connectivity index (χ0v) is 44.9.